The average Bonchev–Trinajstić information content (AvgIpc) is 2.70. The molecule has 4 heteroatoms. The summed E-state index contributed by atoms with van der Waals surface area (Å²) in [4.78, 5) is 0. The molecule has 72 valence electrons. The Labute approximate surface area is 77.5 Å². The van der Waals surface area contributed by atoms with Gasteiger partial charge < -0.3 is 10.2 Å². The van der Waals surface area contributed by atoms with E-state index < -0.39 is 5.54 Å². The lowest BCUT2D eigenvalue weighted by Crippen LogP contribution is -2.34. The minimum Gasteiger partial charge on any atom is -0.424 e. The second-order valence-electron chi connectivity index (χ2n) is 4.19. The second-order valence-corrected chi connectivity index (χ2v) is 4.19. The van der Waals surface area contributed by atoms with E-state index in [2.05, 4.69) is 10.2 Å². The zero-order chi connectivity index (χ0) is 9.47. The first kappa shape index (κ1) is 8.69. The zero-order valence-electron chi connectivity index (χ0n) is 8.08. The molecule has 0 amide bonds. The van der Waals surface area contributed by atoms with E-state index in [0.717, 1.165) is 12.3 Å². The summed E-state index contributed by atoms with van der Waals surface area (Å²) in [6.45, 7) is 3.74. The van der Waals surface area contributed by atoms with Crippen LogP contribution in [-0.4, -0.2) is 10.2 Å². The van der Waals surface area contributed by atoms with Crippen molar-refractivity contribution in [1.82, 2.24) is 10.2 Å². The standard InChI is InChI=1S/C9H15N3O/c1-6-11-12-8(13-6)9(2,10)5-7-3-4-7/h7H,3-5,10H2,1-2H3. The summed E-state index contributed by atoms with van der Waals surface area (Å²) in [5.74, 6) is 1.92. The van der Waals surface area contributed by atoms with E-state index in [-0.39, 0.29) is 0 Å². The SMILES string of the molecule is Cc1nnc(C(C)(N)CC2CC2)o1. The van der Waals surface area contributed by atoms with Gasteiger partial charge in [-0.25, -0.2) is 0 Å². The van der Waals surface area contributed by atoms with Crippen molar-refractivity contribution >= 4 is 0 Å². The van der Waals surface area contributed by atoms with E-state index in [1.807, 2.05) is 6.92 Å². The highest BCUT2D eigenvalue weighted by atomic mass is 16.4. The lowest BCUT2D eigenvalue weighted by Gasteiger charge is -2.19. The summed E-state index contributed by atoms with van der Waals surface area (Å²) >= 11 is 0. The van der Waals surface area contributed by atoms with Crippen LogP contribution in [-0.2, 0) is 5.54 Å². The molecule has 1 atom stereocenters. The molecule has 4 nitrogen and oxygen atoms in total. The van der Waals surface area contributed by atoms with Crippen LogP contribution in [0.3, 0.4) is 0 Å². The quantitative estimate of drug-likeness (QED) is 0.764. The highest BCUT2D eigenvalue weighted by Gasteiger charge is 2.35. The molecule has 1 saturated carbocycles. The molecule has 1 heterocycles. The van der Waals surface area contributed by atoms with Crippen LogP contribution in [0.25, 0.3) is 0 Å². The topological polar surface area (TPSA) is 64.9 Å². The van der Waals surface area contributed by atoms with Crippen LogP contribution in [0.1, 0.15) is 38.0 Å². The summed E-state index contributed by atoms with van der Waals surface area (Å²) in [7, 11) is 0. The number of aryl methyl sites for hydroxylation is 1. The normalized spacial score (nSPS) is 21.5. The Morgan fingerprint density at radius 2 is 2.23 bits per heavy atom. The third-order valence-corrected chi connectivity index (χ3v) is 2.42. The Hall–Kier alpha value is -0.900. The smallest absolute Gasteiger partial charge is 0.235 e. The van der Waals surface area contributed by atoms with Crippen LogP contribution >= 0.6 is 0 Å². The minimum absolute atomic E-state index is 0.442. The second kappa shape index (κ2) is 2.80. The van der Waals surface area contributed by atoms with Gasteiger partial charge in [-0.15, -0.1) is 10.2 Å². The number of hydrogen-bond acceptors (Lipinski definition) is 4. The van der Waals surface area contributed by atoms with Crippen LogP contribution < -0.4 is 5.73 Å². The van der Waals surface area contributed by atoms with Gasteiger partial charge in [0, 0.05) is 6.92 Å². The molecular weight excluding hydrogens is 166 g/mol. The maximum absolute atomic E-state index is 6.10. The summed E-state index contributed by atoms with van der Waals surface area (Å²) in [6, 6.07) is 0. The van der Waals surface area contributed by atoms with E-state index in [4.69, 9.17) is 10.2 Å². The first-order valence-electron chi connectivity index (χ1n) is 4.67. The highest BCUT2D eigenvalue weighted by Crippen LogP contribution is 2.38. The van der Waals surface area contributed by atoms with E-state index in [1.54, 1.807) is 6.92 Å². The van der Waals surface area contributed by atoms with Crippen LogP contribution in [0.2, 0.25) is 0 Å². The van der Waals surface area contributed by atoms with Crippen LogP contribution in [0.15, 0.2) is 4.42 Å². The van der Waals surface area contributed by atoms with Crippen LogP contribution in [0.4, 0.5) is 0 Å². The maximum Gasteiger partial charge on any atom is 0.235 e. The molecule has 13 heavy (non-hydrogen) atoms. The Bertz CT molecular complexity index is 302. The summed E-state index contributed by atoms with van der Waals surface area (Å²) in [5.41, 5.74) is 5.65. The Morgan fingerprint density at radius 3 is 2.69 bits per heavy atom. The maximum atomic E-state index is 6.10. The average molecular weight is 181 g/mol. The molecule has 1 fully saturated rings. The molecule has 1 aliphatic rings. The molecule has 0 spiro atoms. The lowest BCUT2D eigenvalue weighted by atomic mass is 9.96. The zero-order valence-corrected chi connectivity index (χ0v) is 8.08. The number of hydrogen-bond donors (Lipinski definition) is 1. The van der Waals surface area contributed by atoms with Gasteiger partial charge in [0.25, 0.3) is 0 Å². The monoisotopic (exact) mass is 181 g/mol. The summed E-state index contributed by atoms with van der Waals surface area (Å²) in [5, 5.41) is 7.74. The van der Waals surface area contributed by atoms with Crippen molar-refractivity contribution in [2.24, 2.45) is 11.7 Å². The van der Waals surface area contributed by atoms with Gasteiger partial charge in [-0.2, -0.15) is 0 Å². The third-order valence-electron chi connectivity index (χ3n) is 2.42. The fraction of sp³-hybridized carbons (Fsp3) is 0.778. The first-order valence-corrected chi connectivity index (χ1v) is 4.67. The number of aromatic nitrogens is 2. The Kier molecular flexibility index (Phi) is 1.87. The van der Waals surface area contributed by atoms with Crippen molar-refractivity contribution in [2.75, 3.05) is 0 Å². The largest absolute Gasteiger partial charge is 0.424 e. The molecule has 2 N–H and O–H groups in total. The van der Waals surface area contributed by atoms with Gasteiger partial charge in [0.15, 0.2) is 0 Å². The molecule has 0 bridgehead atoms. The Morgan fingerprint density at radius 1 is 1.54 bits per heavy atom. The summed E-state index contributed by atoms with van der Waals surface area (Å²) < 4.78 is 5.33. The fourth-order valence-electron chi connectivity index (χ4n) is 1.54. The Balaban J connectivity index is 2.12. The third kappa shape index (κ3) is 1.88. The predicted molar refractivity (Wildman–Crippen MR) is 47.9 cm³/mol. The molecule has 0 saturated heterocycles. The van der Waals surface area contributed by atoms with Crippen LogP contribution in [0.5, 0.6) is 0 Å². The van der Waals surface area contributed by atoms with Crippen molar-refractivity contribution in [3.63, 3.8) is 0 Å². The molecule has 0 radical (unpaired) electrons. The highest BCUT2D eigenvalue weighted by molar-refractivity contribution is 5.00. The molecule has 1 aromatic rings. The minimum atomic E-state index is -0.442. The van der Waals surface area contributed by atoms with Crippen molar-refractivity contribution in [3.05, 3.63) is 11.8 Å². The number of nitrogens with zero attached hydrogens (tertiary/aromatic N) is 2. The van der Waals surface area contributed by atoms with Crippen molar-refractivity contribution < 1.29 is 4.42 Å². The van der Waals surface area contributed by atoms with Crippen molar-refractivity contribution in [3.8, 4) is 0 Å². The van der Waals surface area contributed by atoms with E-state index in [1.165, 1.54) is 12.8 Å². The first-order chi connectivity index (χ1) is 6.08. The van der Waals surface area contributed by atoms with Gasteiger partial charge in [-0.05, 0) is 19.3 Å². The van der Waals surface area contributed by atoms with Gasteiger partial charge in [0.1, 0.15) is 0 Å². The molecule has 0 aliphatic heterocycles. The number of nitrogens with two attached hydrogens (primary N) is 1. The predicted octanol–water partition coefficient (Wildman–Crippen LogP) is 1.35. The van der Waals surface area contributed by atoms with Gasteiger partial charge >= 0.3 is 0 Å². The molecule has 1 unspecified atom stereocenters. The number of rotatable bonds is 3. The van der Waals surface area contributed by atoms with Gasteiger partial charge in [-0.1, -0.05) is 12.8 Å². The lowest BCUT2D eigenvalue weighted by molar-refractivity contribution is 0.313. The molecule has 1 aromatic heterocycles. The van der Waals surface area contributed by atoms with Crippen molar-refractivity contribution in [1.29, 1.82) is 0 Å². The van der Waals surface area contributed by atoms with Gasteiger partial charge in [0.05, 0.1) is 5.54 Å². The van der Waals surface area contributed by atoms with Crippen molar-refractivity contribution in [2.45, 2.75) is 38.6 Å². The van der Waals surface area contributed by atoms with E-state index >= 15 is 0 Å². The van der Waals surface area contributed by atoms with E-state index in [0.29, 0.717) is 11.8 Å². The summed E-state index contributed by atoms with van der Waals surface area (Å²) in [6.07, 6.45) is 3.54. The van der Waals surface area contributed by atoms with Gasteiger partial charge in [0.2, 0.25) is 11.8 Å². The molecule has 2 rings (SSSR count). The fourth-order valence-corrected chi connectivity index (χ4v) is 1.54. The molecule has 0 aromatic carbocycles. The molecule has 1 aliphatic carbocycles. The van der Waals surface area contributed by atoms with Crippen LogP contribution in [0, 0.1) is 12.8 Å². The molecular formula is C9H15N3O. The van der Waals surface area contributed by atoms with Gasteiger partial charge in [-0.3, -0.25) is 0 Å². The van der Waals surface area contributed by atoms with E-state index in [9.17, 15) is 0 Å².